The van der Waals surface area contributed by atoms with Gasteiger partial charge in [0.15, 0.2) is 0 Å². The summed E-state index contributed by atoms with van der Waals surface area (Å²) in [4.78, 5) is 12.4. The zero-order valence-electron chi connectivity index (χ0n) is 9.79. The van der Waals surface area contributed by atoms with Crippen molar-refractivity contribution in [1.82, 2.24) is 4.57 Å². The molecule has 0 saturated heterocycles. The van der Waals surface area contributed by atoms with Crippen LogP contribution in [0.5, 0.6) is 5.75 Å². The summed E-state index contributed by atoms with van der Waals surface area (Å²) in [6, 6.07) is 11.3. The number of benzene rings is 1. The Morgan fingerprint density at radius 3 is 2.83 bits per heavy atom. The van der Waals surface area contributed by atoms with Crippen LogP contribution in [0.3, 0.4) is 0 Å². The van der Waals surface area contributed by atoms with Crippen LogP contribution in [0, 0.1) is 0 Å². The lowest BCUT2D eigenvalue weighted by Crippen LogP contribution is -2.17. The topological polar surface area (TPSA) is 31.2 Å². The SMILES string of the molecule is COc1ccccc1-n1ccc2sccc2c1=O. The van der Waals surface area contributed by atoms with Gasteiger partial charge in [0, 0.05) is 10.9 Å². The van der Waals surface area contributed by atoms with Crippen molar-refractivity contribution >= 4 is 21.4 Å². The molecule has 0 aliphatic carbocycles. The minimum absolute atomic E-state index is 0.0155. The van der Waals surface area contributed by atoms with Crippen LogP contribution < -0.4 is 10.3 Å². The maximum absolute atomic E-state index is 12.4. The van der Waals surface area contributed by atoms with E-state index in [9.17, 15) is 4.79 Å². The zero-order valence-corrected chi connectivity index (χ0v) is 10.6. The van der Waals surface area contributed by atoms with Gasteiger partial charge in [-0.2, -0.15) is 0 Å². The van der Waals surface area contributed by atoms with Crippen LogP contribution in [-0.4, -0.2) is 11.7 Å². The van der Waals surface area contributed by atoms with Crippen LogP contribution in [0.15, 0.2) is 52.8 Å². The summed E-state index contributed by atoms with van der Waals surface area (Å²) in [5.41, 5.74) is 0.747. The molecule has 3 nitrogen and oxygen atoms in total. The summed E-state index contributed by atoms with van der Waals surface area (Å²) < 4.78 is 7.92. The molecule has 0 unspecified atom stereocenters. The van der Waals surface area contributed by atoms with Gasteiger partial charge < -0.3 is 4.74 Å². The van der Waals surface area contributed by atoms with Crippen molar-refractivity contribution < 1.29 is 4.74 Å². The summed E-state index contributed by atoms with van der Waals surface area (Å²) in [6.45, 7) is 0. The van der Waals surface area contributed by atoms with Crippen LogP contribution in [-0.2, 0) is 0 Å². The van der Waals surface area contributed by atoms with Crippen molar-refractivity contribution in [3.8, 4) is 11.4 Å². The molecule has 0 fully saturated rings. The van der Waals surface area contributed by atoms with Crippen molar-refractivity contribution in [2.45, 2.75) is 0 Å². The molecule has 0 aliphatic heterocycles. The average molecular weight is 257 g/mol. The third kappa shape index (κ3) is 1.62. The maximum Gasteiger partial charge on any atom is 0.263 e. The van der Waals surface area contributed by atoms with Gasteiger partial charge in [0.25, 0.3) is 5.56 Å². The molecule has 18 heavy (non-hydrogen) atoms. The van der Waals surface area contributed by atoms with E-state index in [4.69, 9.17) is 4.74 Å². The first-order valence-corrected chi connectivity index (χ1v) is 6.41. The second-order valence-electron chi connectivity index (χ2n) is 3.86. The van der Waals surface area contributed by atoms with Crippen molar-refractivity contribution in [3.05, 3.63) is 58.3 Å². The van der Waals surface area contributed by atoms with E-state index in [-0.39, 0.29) is 5.56 Å². The number of methoxy groups -OCH3 is 1. The normalized spacial score (nSPS) is 10.7. The number of para-hydroxylation sites is 2. The first-order chi connectivity index (χ1) is 8.81. The summed E-state index contributed by atoms with van der Waals surface area (Å²) in [5, 5.41) is 2.67. The molecule has 3 aromatic rings. The van der Waals surface area contributed by atoms with E-state index < -0.39 is 0 Å². The highest BCUT2D eigenvalue weighted by atomic mass is 32.1. The summed E-state index contributed by atoms with van der Waals surface area (Å²) in [5.74, 6) is 0.689. The molecule has 3 rings (SSSR count). The lowest BCUT2D eigenvalue weighted by Gasteiger charge is -2.10. The lowest BCUT2D eigenvalue weighted by molar-refractivity contribution is 0.412. The molecule has 90 valence electrons. The second-order valence-corrected chi connectivity index (χ2v) is 4.81. The number of hydrogen-bond donors (Lipinski definition) is 0. The van der Waals surface area contributed by atoms with Crippen molar-refractivity contribution in [2.24, 2.45) is 0 Å². The standard InChI is InChI=1S/C14H11NO2S/c1-17-12-5-3-2-4-11(12)15-8-6-13-10(14(15)16)7-9-18-13/h2-9H,1H3. The van der Waals surface area contributed by atoms with Gasteiger partial charge in [0.05, 0.1) is 18.2 Å². The lowest BCUT2D eigenvalue weighted by atomic mass is 10.2. The molecule has 0 saturated carbocycles. The van der Waals surface area contributed by atoms with E-state index in [1.807, 2.05) is 41.8 Å². The van der Waals surface area contributed by atoms with Crippen LogP contribution in [0.4, 0.5) is 0 Å². The Bertz CT molecular complexity index is 758. The molecule has 0 radical (unpaired) electrons. The first kappa shape index (κ1) is 11.0. The van der Waals surface area contributed by atoms with E-state index in [1.165, 1.54) is 0 Å². The Balaban J connectivity index is 2.31. The van der Waals surface area contributed by atoms with E-state index in [1.54, 1.807) is 29.2 Å². The number of hydrogen-bond acceptors (Lipinski definition) is 3. The number of thiophene rings is 1. The highest BCUT2D eigenvalue weighted by Gasteiger charge is 2.08. The van der Waals surface area contributed by atoms with Gasteiger partial charge in [-0.1, -0.05) is 12.1 Å². The van der Waals surface area contributed by atoms with Crippen LogP contribution in [0.2, 0.25) is 0 Å². The quantitative estimate of drug-likeness (QED) is 0.706. The fraction of sp³-hybridized carbons (Fsp3) is 0.0714. The summed E-state index contributed by atoms with van der Waals surface area (Å²) in [6.07, 6.45) is 1.79. The third-order valence-electron chi connectivity index (χ3n) is 2.86. The molecule has 2 aromatic heterocycles. The smallest absolute Gasteiger partial charge is 0.263 e. The minimum Gasteiger partial charge on any atom is -0.495 e. The number of nitrogens with zero attached hydrogens (tertiary/aromatic N) is 1. The first-order valence-electron chi connectivity index (χ1n) is 5.53. The van der Waals surface area contributed by atoms with Gasteiger partial charge in [-0.05, 0) is 29.6 Å². The van der Waals surface area contributed by atoms with Crippen LogP contribution in [0.25, 0.3) is 15.8 Å². The van der Waals surface area contributed by atoms with E-state index >= 15 is 0 Å². The number of pyridine rings is 1. The third-order valence-corrected chi connectivity index (χ3v) is 3.75. The highest BCUT2D eigenvalue weighted by Crippen LogP contribution is 2.23. The molecule has 0 amide bonds. The Hall–Kier alpha value is -2.07. The molecule has 0 spiro atoms. The Labute approximate surface area is 108 Å². The number of ether oxygens (including phenoxy) is 1. The van der Waals surface area contributed by atoms with Gasteiger partial charge >= 0.3 is 0 Å². The Morgan fingerprint density at radius 1 is 1.17 bits per heavy atom. The van der Waals surface area contributed by atoms with E-state index in [0.717, 1.165) is 15.8 Å². The molecule has 4 heteroatoms. The van der Waals surface area contributed by atoms with Crippen molar-refractivity contribution in [2.75, 3.05) is 7.11 Å². The average Bonchev–Trinajstić information content (AvgIpc) is 2.88. The maximum atomic E-state index is 12.4. The molecule has 0 aliphatic rings. The molecular weight excluding hydrogens is 246 g/mol. The fourth-order valence-corrected chi connectivity index (χ4v) is 2.76. The fourth-order valence-electron chi connectivity index (χ4n) is 1.98. The van der Waals surface area contributed by atoms with Crippen LogP contribution in [0.1, 0.15) is 0 Å². The Kier molecular flexibility index (Phi) is 2.64. The van der Waals surface area contributed by atoms with Gasteiger partial charge in [0.1, 0.15) is 5.75 Å². The van der Waals surface area contributed by atoms with Crippen molar-refractivity contribution in [3.63, 3.8) is 0 Å². The van der Waals surface area contributed by atoms with Gasteiger partial charge in [-0.15, -0.1) is 11.3 Å². The predicted octanol–water partition coefficient (Wildman–Crippen LogP) is 3.06. The highest BCUT2D eigenvalue weighted by molar-refractivity contribution is 7.17. The zero-order chi connectivity index (χ0) is 12.5. The van der Waals surface area contributed by atoms with E-state index in [0.29, 0.717) is 5.75 Å². The van der Waals surface area contributed by atoms with Gasteiger partial charge in [-0.25, -0.2) is 0 Å². The summed E-state index contributed by atoms with van der Waals surface area (Å²) >= 11 is 1.57. The van der Waals surface area contributed by atoms with Gasteiger partial charge in [0.2, 0.25) is 0 Å². The minimum atomic E-state index is -0.0155. The predicted molar refractivity (Wildman–Crippen MR) is 74.0 cm³/mol. The second kappa shape index (κ2) is 4.31. The molecule has 1 aromatic carbocycles. The monoisotopic (exact) mass is 257 g/mol. The summed E-state index contributed by atoms with van der Waals surface area (Å²) in [7, 11) is 1.60. The molecule has 0 atom stereocenters. The van der Waals surface area contributed by atoms with Crippen molar-refractivity contribution in [1.29, 1.82) is 0 Å². The van der Waals surface area contributed by atoms with Gasteiger partial charge in [-0.3, -0.25) is 9.36 Å². The molecule has 0 N–H and O–H groups in total. The number of aromatic nitrogens is 1. The van der Waals surface area contributed by atoms with Crippen LogP contribution >= 0.6 is 11.3 Å². The molecule has 0 bridgehead atoms. The Morgan fingerprint density at radius 2 is 2.00 bits per heavy atom. The number of rotatable bonds is 2. The largest absolute Gasteiger partial charge is 0.495 e. The van der Waals surface area contributed by atoms with E-state index in [2.05, 4.69) is 0 Å². The number of fused-ring (bicyclic) bond motifs is 1. The molecular formula is C14H11NO2S. The molecule has 2 heterocycles.